The van der Waals surface area contributed by atoms with Crippen LogP contribution in [0.5, 0.6) is 11.5 Å². The maximum absolute atomic E-state index is 12.4. The van der Waals surface area contributed by atoms with Gasteiger partial charge in [-0.15, -0.1) is 0 Å². The van der Waals surface area contributed by atoms with Crippen molar-refractivity contribution in [1.82, 2.24) is 4.98 Å². The predicted molar refractivity (Wildman–Crippen MR) is 86.1 cm³/mol. The fraction of sp³-hybridized carbons (Fsp3) is 0.250. The number of pyridine rings is 1. The molecule has 2 aromatic rings. The van der Waals surface area contributed by atoms with E-state index >= 15 is 0 Å². The number of nitrogens with one attached hydrogen (secondary N) is 1. The van der Waals surface area contributed by atoms with Crippen molar-refractivity contribution in [3.63, 3.8) is 0 Å². The van der Waals surface area contributed by atoms with Gasteiger partial charge in [0.2, 0.25) is 0 Å². The molecule has 1 heterocycles. The summed E-state index contributed by atoms with van der Waals surface area (Å²) in [5.74, 6) is 0.0739. The summed E-state index contributed by atoms with van der Waals surface area (Å²) in [6, 6.07) is 7.38. The third-order valence-corrected chi connectivity index (χ3v) is 3.10. The number of anilines is 2. The number of methoxy groups -OCH3 is 1. The van der Waals surface area contributed by atoms with Gasteiger partial charge in [-0.05, 0) is 30.3 Å². The molecular weight excluding hydrogens is 320 g/mol. The Kier molecular flexibility index (Phi) is 5.51. The predicted octanol–water partition coefficient (Wildman–Crippen LogP) is 3.01. The number of carbonyl (C=O) groups is 1. The van der Waals surface area contributed by atoms with Crippen LogP contribution in [0.1, 0.15) is 10.4 Å². The Bertz CT molecular complexity index is 723. The van der Waals surface area contributed by atoms with Crippen molar-refractivity contribution >= 4 is 17.4 Å². The van der Waals surface area contributed by atoms with Crippen LogP contribution < -0.4 is 19.7 Å². The highest BCUT2D eigenvalue weighted by molar-refractivity contribution is 6.06. The van der Waals surface area contributed by atoms with Crippen LogP contribution >= 0.6 is 0 Å². The number of rotatable bonds is 6. The third kappa shape index (κ3) is 4.09. The molecule has 0 saturated carbocycles. The van der Waals surface area contributed by atoms with Crippen LogP contribution in [-0.4, -0.2) is 38.7 Å². The highest BCUT2D eigenvalue weighted by Crippen LogP contribution is 2.30. The van der Waals surface area contributed by atoms with Crippen LogP contribution in [0, 0.1) is 0 Å². The highest BCUT2D eigenvalue weighted by Gasteiger charge is 2.15. The second kappa shape index (κ2) is 7.58. The minimum atomic E-state index is -2.98. The molecule has 6 nitrogen and oxygen atoms in total. The number of amides is 1. The average Bonchev–Trinajstić information content (AvgIpc) is 2.54. The molecule has 1 N–H and O–H groups in total. The fourth-order valence-electron chi connectivity index (χ4n) is 2.05. The molecule has 24 heavy (non-hydrogen) atoms. The quantitative estimate of drug-likeness (QED) is 0.878. The zero-order valence-electron chi connectivity index (χ0n) is 13.4. The summed E-state index contributed by atoms with van der Waals surface area (Å²) in [6.07, 6.45) is 1.62. The number of hydrogen-bond donors (Lipinski definition) is 1. The van der Waals surface area contributed by atoms with E-state index in [1.165, 1.54) is 25.3 Å². The van der Waals surface area contributed by atoms with Crippen LogP contribution in [0.2, 0.25) is 0 Å². The molecule has 0 unspecified atom stereocenters. The molecule has 0 spiro atoms. The molecule has 128 valence electrons. The zero-order valence-corrected chi connectivity index (χ0v) is 13.4. The van der Waals surface area contributed by atoms with E-state index in [9.17, 15) is 13.6 Å². The molecule has 0 bridgehead atoms. The molecule has 8 heteroatoms. The van der Waals surface area contributed by atoms with Gasteiger partial charge in [0.25, 0.3) is 5.91 Å². The normalized spacial score (nSPS) is 10.4. The molecule has 0 aliphatic heterocycles. The summed E-state index contributed by atoms with van der Waals surface area (Å²) in [7, 11) is 4.91. The maximum Gasteiger partial charge on any atom is 0.387 e. The van der Waals surface area contributed by atoms with Crippen molar-refractivity contribution in [1.29, 1.82) is 0 Å². The number of nitrogens with zero attached hydrogens (tertiary/aromatic N) is 2. The first kappa shape index (κ1) is 17.5. The smallest absolute Gasteiger partial charge is 0.387 e. The minimum Gasteiger partial charge on any atom is -0.493 e. The summed E-state index contributed by atoms with van der Waals surface area (Å²) in [6.45, 7) is -2.98. The van der Waals surface area contributed by atoms with Crippen LogP contribution in [-0.2, 0) is 0 Å². The van der Waals surface area contributed by atoms with E-state index in [4.69, 9.17) is 4.74 Å². The Morgan fingerprint density at radius 3 is 2.62 bits per heavy atom. The summed E-state index contributed by atoms with van der Waals surface area (Å²) in [5.41, 5.74) is 0.765. The van der Waals surface area contributed by atoms with Gasteiger partial charge in [0.15, 0.2) is 17.3 Å². The molecule has 1 aromatic carbocycles. The van der Waals surface area contributed by atoms with Gasteiger partial charge in [-0.3, -0.25) is 4.79 Å². The number of alkyl halides is 2. The molecule has 0 saturated heterocycles. The molecule has 1 aromatic heterocycles. The summed E-state index contributed by atoms with van der Waals surface area (Å²) < 4.78 is 34.0. The Morgan fingerprint density at radius 2 is 2.00 bits per heavy atom. The van der Waals surface area contributed by atoms with Crippen molar-refractivity contribution in [2.75, 3.05) is 31.4 Å². The summed E-state index contributed by atoms with van der Waals surface area (Å²) >= 11 is 0. The molecule has 0 aliphatic carbocycles. The maximum atomic E-state index is 12.4. The van der Waals surface area contributed by atoms with Crippen LogP contribution in [0.4, 0.5) is 20.3 Å². The lowest BCUT2D eigenvalue weighted by atomic mass is 10.2. The second-order valence-corrected chi connectivity index (χ2v) is 4.97. The second-order valence-electron chi connectivity index (χ2n) is 4.97. The molecule has 0 radical (unpaired) electrons. The Balaban J connectivity index is 2.24. The summed E-state index contributed by atoms with van der Waals surface area (Å²) in [5, 5.41) is 2.73. The lowest BCUT2D eigenvalue weighted by molar-refractivity contribution is -0.0512. The van der Waals surface area contributed by atoms with E-state index in [1.54, 1.807) is 37.3 Å². The van der Waals surface area contributed by atoms with Gasteiger partial charge in [0.05, 0.1) is 12.8 Å². The van der Waals surface area contributed by atoms with E-state index in [0.29, 0.717) is 11.5 Å². The van der Waals surface area contributed by atoms with Gasteiger partial charge in [0, 0.05) is 25.9 Å². The van der Waals surface area contributed by atoms with E-state index in [0.717, 1.165) is 0 Å². The third-order valence-electron chi connectivity index (χ3n) is 3.10. The number of benzene rings is 1. The van der Waals surface area contributed by atoms with E-state index in [1.807, 2.05) is 0 Å². The van der Waals surface area contributed by atoms with E-state index < -0.39 is 12.5 Å². The van der Waals surface area contributed by atoms with E-state index in [-0.39, 0.29) is 17.1 Å². The first-order valence-corrected chi connectivity index (χ1v) is 6.99. The van der Waals surface area contributed by atoms with Crippen molar-refractivity contribution in [3.8, 4) is 11.5 Å². The molecular formula is C16H17F2N3O3. The number of ether oxygens (including phenoxy) is 2. The van der Waals surface area contributed by atoms with Gasteiger partial charge >= 0.3 is 6.61 Å². The van der Waals surface area contributed by atoms with Crippen molar-refractivity contribution in [2.45, 2.75) is 6.61 Å². The lowest BCUT2D eigenvalue weighted by Crippen LogP contribution is -2.18. The minimum absolute atomic E-state index is 0.0435. The average molecular weight is 337 g/mol. The molecule has 0 atom stereocenters. The standard InChI is InChI=1S/C16H17F2N3O3/c1-21(2)14-11(5-4-8-19-14)20-15(22)10-6-7-12(24-16(17)18)13(9-10)23-3/h4-9,16H,1-3H3,(H,20,22). The van der Waals surface area contributed by atoms with Gasteiger partial charge in [-0.25, -0.2) is 4.98 Å². The Labute approximate surface area is 138 Å². The largest absolute Gasteiger partial charge is 0.493 e. The molecule has 0 aliphatic rings. The monoisotopic (exact) mass is 337 g/mol. The van der Waals surface area contributed by atoms with Gasteiger partial charge in [-0.2, -0.15) is 8.78 Å². The van der Waals surface area contributed by atoms with Gasteiger partial charge in [-0.1, -0.05) is 0 Å². The van der Waals surface area contributed by atoms with Gasteiger partial charge in [0.1, 0.15) is 0 Å². The molecule has 0 fully saturated rings. The number of aromatic nitrogens is 1. The number of hydrogen-bond acceptors (Lipinski definition) is 5. The molecule has 1 amide bonds. The van der Waals surface area contributed by atoms with Crippen LogP contribution in [0.15, 0.2) is 36.5 Å². The first-order valence-electron chi connectivity index (χ1n) is 6.99. The lowest BCUT2D eigenvalue weighted by Gasteiger charge is -2.16. The van der Waals surface area contributed by atoms with E-state index in [2.05, 4.69) is 15.0 Å². The Morgan fingerprint density at radius 1 is 1.25 bits per heavy atom. The number of carbonyl (C=O) groups excluding carboxylic acids is 1. The topological polar surface area (TPSA) is 63.7 Å². The SMILES string of the molecule is COc1cc(C(=O)Nc2cccnc2N(C)C)ccc1OC(F)F. The molecule has 2 rings (SSSR count). The van der Waals surface area contributed by atoms with Gasteiger partial charge < -0.3 is 19.7 Å². The zero-order chi connectivity index (χ0) is 17.7. The van der Waals surface area contributed by atoms with Crippen molar-refractivity contribution in [3.05, 3.63) is 42.1 Å². The number of halogens is 2. The van der Waals surface area contributed by atoms with Crippen LogP contribution in [0.3, 0.4) is 0 Å². The highest BCUT2D eigenvalue weighted by atomic mass is 19.3. The fourth-order valence-corrected chi connectivity index (χ4v) is 2.05. The van der Waals surface area contributed by atoms with Crippen molar-refractivity contribution < 1.29 is 23.0 Å². The summed E-state index contributed by atoms with van der Waals surface area (Å²) in [4.78, 5) is 18.3. The first-order chi connectivity index (χ1) is 11.4. The van der Waals surface area contributed by atoms with Crippen LogP contribution in [0.25, 0.3) is 0 Å². The van der Waals surface area contributed by atoms with Crippen molar-refractivity contribution in [2.24, 2.45) is 0 Å². The Hall–Kier alpha value is -2.90.